The maximum Gasteiger partial charge on any atom is 0.404 e. The van der Waals surface area contributed by atoms with Gasteiger partial charge in [0.2, 0.25) is 0 Å². The Kier molecular flexibility index (Phi) is 6.97. The van der Waals surface area contributed by atoms with E-state index in [0.717, 1.165) is 79.8 Å². The molecule has 0 saturated carbocycles. The van der Waals surface area contributed by atoms with Gasteiger partial charge in [-0.25, -0.2) is 23.7 Å². The van der Waals surface area contributed by atoms with Crippen molar-refractivity contribution >= 4 is 23.4 Å². The highest BCUT2D eigenvalue weighted by Crippen LogP contribution is 2.35. The molecule has 2 N–H and O–H groups in total. The van der Waals surface area contributed by atoms with E-state index in [1.807, 2.05) is 40.9 Å². The van der Waals surface area contributed by atoms with Gasteiger partial charge in [0.15, 0.2) is 5.65 Å². The van der Waals surface area contributed by atoms with Crippen LogP contribution in [0.1, 0.15) is 24.4 Å². The average Bonchev–Trinajstić information content (AvgIpc) is 3.61. The molecule has 0 spiro atoms. The van der Waals surface area contributed by atoms with Crippen molar-refractivity contribution in [3.05, 3.63) is 72.2 Å². The molecule has 3 aromatic heterocycles. The zero-order valence-electron chi connectivity index (χ0n) is 21.6. The van der Waals surface area contributed by atoms with Crippen molar-refractivity contribution in [2.24, 2.45) is 0 Å². The summed E-state index contributed by atoms with van der Waals surface area (Å²) in [6, 6.07) is 16.9. The van der Waals surface area contributed by atoms with E-state index in [4.69, 9.17) is 15.2 Å². The highest BCUT2D eigenvalue weighted by atomic mass is 19.1. The summed E-state index contributed by atoms with van der Waals surface area (Å²) in [5.41, 5.74) is 3.31. The molecule has 11 heteroatoms. The summed E-state index contributed by atoms with van der Waals surface area (Å²) in [7, 11) is 0. The van der Waals surface area contributed by atoms with Crippen LogP contribution in [0, 0.1) is 5.82 Å². The van der Waals surface area contributed by atoms with Crippen LogP contribution in [0.3, 0.4) is 0 Å². The number of pyridine rings is 1. The number of aromatic nitrogens is 4. The number of carboxylic acid groups (broad SMARTS) is 1. The van der Waals surface area contributed by atoms with E-state index in [9.17, 15) is 9.18 Å². The van der Waals surface area contributed by atoms with E-state index in [2.05, 4.69) is 25.0 Å². The van der Waals surface area contributed by atoms with Gasteiger partial charge in [-0.15, -0.1) is 5.10 Å². The van der Waals surface area contributed by atoms with Gasteiger partial charge in [0, 0.05) is 45.8 Å². The number of hydrogen-bond acceptors (Lipinski definition) is 7. The number of anilines is 2. The van der Waals surface area contributed by atoms with Gasteiger partial charge in [-0.3, -0.25) is 4.90 Å². The molecule has 1 atom stereocenters. The Morgan fingerprint density at radius 1 is 1.03 bits per heavy atom. The van der Waals surface area contributed by atoms with Gasteiger partial charge < -0.3 is 20.2 Å². The maximum atomic E-state index is 13.9. The van der Waals surface area contributed by atoms with Crippen molar-refractivity contribution in [3.8, 4) is 11.4 Å². The molecule has 4 aromatic rings. The molecule has 1 amide bonds. The molecular weight excluding hydrogens is 499 g/mol. The Morgan fingerprint density at radius 2 is 1.87 bits per heavy atom. The molecule has 0 bridgehead atoms. The molecule has 2 aliphatic rings. The third kappa shape index (κ3) is 5.35. The molecule has 6 rings (SSSR count). The average molecular weight is 531 g/mol. The number of halogens is 1. The van der Waals surface area contributed by atoms with E-state index < -0.39 is 6.09 Å². The second-order valence-electron chi connectivity index (χ2n) is 9.95. The summed E-state index contributed by atoms with van der Waals surface area (Å²) in [4.78, 5) is 27.0. The second-order valence-corrected chi connectivity index (χ2v) is 9.95. The van der Waals surface area contributed by atoms with Crippen molar-refractivity contribution in [1.82, 2.24) is 29.8 Å². The number of fused-ring (bicyclic) bond motifs is 1. The van der Waals surface area contributed by atoms with Crippen molar-refractivity contribution in [1.29, 1.82) is 0 Å². The van der Waals surface area contributed by atoms with Gasteiger partial charge in [-0.1, -0.05) is 18.2 Å². The standard InChI is InChI=1S/C28H31FN8O2/c29-21-5-1-4-20(18-21)23-7-3-12-36(23)27-10-9-25-31-19-24(37(25)33-27)22-6-2-8-26(32-22)35-16-14-34(15-17-35)13-11-30-28(38)39/h1-2,4-6,8-10,18-19,23,30H,3,7,11-17H2,(H,38,39). The number of imidazole rings is 1. The highest BCUT2D eigenvalue weighted by molar-refractivity contribution is 5.64. The maximum absolute atomic E-state index is 13.9. The van der Waals surface area contributed by atoms with E-state index in [0.29, 0.717) is 13.1 Å². The van der Waals surface area contributed by atoms with E-state index in [1.165, 1.54) is 6.07 Å². The molecule has 39 heavy (non-hydrogen) atoms. The molecule has 2 fully saturated rings. The third-order valence-corrected chi connectivity index (χ3v) is 7.53. The molecule has 10 nitrogen and oxygen atoms in total. The van der Waals surface area contributed by atoms with E-state index >= 15 is 0 Å². The fourth-order valence-electron chi connectivity index (χ4n) is 5.56. The van der Waals surface area contributed by atoms with Gasteiger partial charge >= 0.3 is 6.09 Å². The van der Waals surface area contributed by atoms with Crippen LogP contribution in [-0.2, 0) is 0 Å². The van der Waals surface area contributed by atoms with Gasteiger partial charge in [-0.05, 0) is 54.8 Å². The van der Waals surface area contributed by atoms with Crippen LogP contribution in [0.5, 0.6) is 0 Å². The number of benzene rings is 1. The quantitative estimate of drug-likeness (QED) is 0.373. The van der Waals surface area contributed by atoms with Crippen LogP contribution in [-0.4, -0.2) is 81.5 Å². The Labute approximate surface area is 225 Å². The number of piperazine rings is 1. The molecule has 1 unspecified atom stereocenters. The predicted molar refractivity (Wildman–Crippen MR) is 147 cm³/mol. The number of rotatable bonds is 7. The lowest BCUT2D eigenvalue weighted by Gasteiger charge is -2.35. The summed E-state index contributed by atoms with van der Waals surface area (Å²) >= 11 is 0. The first-order valence-electron chi connectivity index (χ1n) is 13.3. The Morgan fingerprint density at radius 3 is 2.69 bits per heavy atom. The van der Waals surface area contributed by atoms with Crippen molar-refractivity contribution < 1.29 is 14.3 Å². The van der Waals surface area contributed by atoms with Crippen molar-refractivity contribution in [2.75, 3.05) is 55.6 Å². The minimum absolute atomic E-state index is 0.0812. The topological polar surface area (TPSA) is 102 Å². The smallest absolute Gasteiger partial charge is 0.404 e. The zero-order chi connectivity index (χ0) is 26.8. The fraction of sp³-hybridized carbons (Fsp3) is 0.357. The lowest BCUT2D eigenvalue weighted by atomic mass is 10.0. The largest absolute Gasteiger partial charge is 0.465 e. The molecule has 2 saturated heterocycles. The Bertz CT molecular complexity index is 1470. The lowest BCUT2D eigenvalue weighted by Crippen LogP contribution is -2.48. The molecule has 0 radical (unpaired) electrons. The van der Waals surface area contributed by atoms with Crippen LogP contribution in [0.15, 0.2) is 60.8 Å². The number of hydrogen-bond donors (Lipinski definition) is 2. The van der Waals surface area contributed by atoms with Gasteiger partial charge in [-0.2, -0.15) is 0 Å². The number of nitrogens with one attached hydrogen (secondary N) is 1. The van der Waals surface area contributed by atoms with E-state index in [1.54, 1.807) is 18.3 Å². The molecule has 1 aromatic carbocycles. The van der Waals surface area contributed by atoms with Gasteiger partial charge in [0.1, 0.15) is 23.1 Å². The normalized spacial score (nSPS) is 18.1. The number of amides is 1. The monoisotopic (exact) mass is 530 g/mol. The predicted octanol–water partition coefficient (Wildman–Crippen LogP) is 3.66. The minimum atomic E-state index is -0.990. The summed E-state index contributed by atoms with van der Waals surface area (Å²) < 4.78 is 15.8. The summed E-state index contributed by atoms with van der Waals surface area (Å²) in [5, 5.41) is 16.2. The molecule has 202 valence electrons. The molecule has 0 aliphatic carbocycles. The van der Waals surface area contributed by atoms with Crippen LogP contribution >= 0.6 is 0 Å². The van der Waals surface area contributed by atoms with Crippen molar-refractivity contribution in [3.63, 3.8) is 0 Å². The fourth-order valence-corrected chi connectivity index (χ4v) is 5.56. The highest BCUT2D eigenvalue weighted by Gasteiger charge is 2.28. The summed E-state index contributed by atoms with van der Waals surface area (Å²) in [6.07, 6.45) is 2.78. The zero-order valence-corrected chi connectivity index (χ0v) is 21.6. The van der Waals surface area contributed by atoms with Crippen LogP contribution in [0.2, 0.25) is 0 Å². The van der Waals surface area contributed by atoms with Crippen LogP contribution < -0.4 is 15.1 Å². The summed E-state index contributed by atoms with van der Waals surface area (Å²) in [5.74, 6) is 1.51. The SMILES string of the molecule is O=C(O)NCCN1CCN(c2cccc(-c3cnc4ccc(N5CCCC5c5cccc(F)c5)nn34)n2)CC1. The first-order valence-corrected chi connectivity index (χ1v) is 13.3. The van der Waals surface area contributed by atoms with Crippen LogP contribution in [0.25, 0.3) is 17.0 Å². The van der Waals surface area contributed by atoms with Crippen molar-refractivity contribution in [2.45, 2.75) is 18.9 Å². The minimum Gasteiger partial charge on any atom is -0.465 e. The number of nitrogens with zero attached hydrogens (tertiary/aromatic N) is 7. The molecule has 2 aliphatic heterocycles. The first-order chi connectivity index (χ1) is 19.0. The molecular formula is C28H31FN8O2. The van der Waals surface area contributed by atoms with Gasteiger partial charge in [0.25, 0.3) is 0 Å². The number of carbonyl (C=O) groups is 1. The van der Waals surface area contributed by atoms with Gasteiger partial charge in [0.05, 0.1) is 17.9 Å². The lowest BCUT2D eigenvalue weighted by molar-refractivity contribution is 0.190. The summed E-state index contributed by atoms with van der Waals surface area (Å²) in [6.45, 7) is 5.29. The third-order valence-electron chi connectivity index (χ3n) is 7.53. The second kappa shape index (κ2) is 10.9. The van der Waals surface area contributed by atoms with Crippen LogP contribution in [0.4, 0.5) is 20.8 Å². The Balaban J connectivity index is 1.21. The molecule has 5 heterocycles. The Hall–Kier alpha value is -4.25. The van der Waals surface area contributed by atoms with E-state index in [-0.39, 0.29) is 11.9 Å². The first kappa shape index (κ1) is 25.1.